The van der Waals surface area contributed by atoms with Crippen molar-refractivity contribution in [2.45, 2.75) is 0 Å². The van der Waals surface area contributed by atoms with Crippen LogP contribution in [-0.4, -0.2) is 24.1 Å². The molecule has 9 heteroatoms. The smallest absolute Gasteiger partial charge is 0.337 e. The van der Waals surface area contributed by atoms with Gasteiger partial charge < -0.3 is 10.1 Å². The summed E-state index contributed by atoms with van der Waals surface area (Å²) in [6, 6.07) is 7.97. The molecule has 0 aliphatic rings. The van der Waals surface area contributed by atoms with Crippen molar-refractivity contribution >= 4 is 69.4 Å². The number of carbonyl (C=O) groups is 2. The maximum absolute atomic E-state index is 12.1. The van der Waals surface area contributed by atoms with Crippen LogP contribution in [0.3, 0.4) is 0 Å². The van der Waals surface area contributed by atoms with E-state index in [-0.39, 0.29) is 15.0 Å². The molecule has 0 aliphatic carbocycles. The fraction of sp³-hybridized carbons (Fsp3) is 0.0714. The van der Waals surface area contributed by atoms with Crippen LogP contribution in [0.25, 0.3) is 0 Å². The molecular formula is C14H10Cl2N2O3S2. The number of thiophene rings is 1. The molecule has 1 amide bonds. The van der Waals surface area contributed by atoms with Crippen molar-refractivity contribution in [3.8, 4) is 0 Å². The standard InChI is InChI=1S/C14H10Cl2N2O3S2/c1-21-13(20)7-3-2-4-8(5-7)17-14(22)18-12(19)9-6-10(15)23-11(9)16/h2-6H,1H3,(H2,17,18,19,22). The molecule has 120 valence electrons. The summed E-state index contributed by atoms with van der Waals surface area (Å²) in [7, 11) is 1.29. The molecule has 1 heterocycles. The average molecular weight is 389 g/mol. The summed E-state index contributed by atoms with van der Waals surface area (Å²) in [5.74, 6) is -0.942. The zero-order valence-corrected chi connectivity index (χ0v) is 14.8. The molecule has 2 rings (SSSR count). The first kappa shape index (κ1) is 17.7. The van der Waals surface area contributed by atoms with E-state index in [0.29, 0.717) is 15.6 Å². The van der Waals surface area contributed by atoms with Gasteiger partial charge in [0.25, 0.3) is 5.91 Å². The van der Waals surface area contributed by atoms with Crippen molar-refractivity contribution in [1.29, 1.82) is 0 Å². The second-order valence-electron chi connectivity index (χ2n) is 4.22. The van der Waals surface area contributed by atoms with Crippen LogP contribution in [-0.2, 0) is 4.74 Å². The van der Waals surface area contributed by atoms with Crippen molar-refractivity contribution in [3.63, 3.8) is 0 Å². The van der Waals surface area contributed by atoms with Crippen LogP contribution >= 0.6 is 46.8 Å². The summed E-state index contributed by atoms with van der Waals surface area (Å²) in [5, 5.41) is 5.36. The number of rotatable bonds is 3. The Morgan fingerprint density at radius 1 is 1.26 bits per heavy atom. The number of thiocarbonyl (C=S) groups is 1. The van der Waals surface area contributed by atoms with E-state index in [9.17, 15) is 9.59 Å². The fourth-order valence-electron chi connectivity index (χ4n) is 1.67. The molecule has 1 aromatic heterocycles. The van der Waals surface area contributed by atoms with E-state index in [0.717, 1.165) is 11.3 Å². The first-order valence-corrected chi connectivity index (χ1v) is 8.14. The lowest BCUT2D eigenvalue weighted by atomic mass is 10.2. The lowest BCUT2D eigenvalue weighted by Crippen LogP contribution is -2.34. The molecule has 23 heavy (non-hydrogen) atoms. The molecule has 2 N–H and O–H groups in total. The molecule has 0 fully saturated rings. The minimum absolute atomic E-state index is 0.0652. The van der Waals surface area contributed by atoms with Crippen LogP contribution in [0.2, 0.25) is 8.67 Å². The monoisotopic (exact) mass is 388 g/mol. The molecule has 0 unspecified atom stereocenters. The second-order valence-corrected chi connectivity index (χ2v) is 6.91. The van der Waals surface area contributed by atoms with Crippen molar-refractivity contribution in [2.24, 2.45) is 0 Å². The van der Waals surface area contributed by atoms with Crippen LogP contribution in [0.15, 0.2) is 30.3 Å². The van der Waals surface area contributed by atoms with E-state index in [4.69, 9.17) is 35.4 Å². The van der Waals surface area contributed by atoms with E-state index in [1.165, 1.54) is 13.2 Å². The van der Waals surface area contributed by atoms with Crippen molar-refractivity contribution in [3.05, 3.63) is 50.1 Å². The van der Waals surface area contributed by atoms with E-state index in [2.05, 4.69) is 15.4 Å². The molecule has 0 spiro atoms. The van der Waals surface area contributed by atoms with Gasteiger partial charge in [0.05, 0.1) is 22.6 Å². The maximum Gasteiger partial charge on any atom is 0.337 e. The van der Waals surface area contributed by atoms with Gasteiger partial charge in [-0.1, -0.05) is 29.3 Å². The Balaban J connectivity index is 2.04. The number of anilines is 1. The molecule has 0 bridgehead atoms. The highest BCUT2D eigenvalue weighted by molar-refractivity contribution is 7.80. The summed E-state index contributed by atoms with van der Waals surface area (Å²) in [4.78, 5) is 23.5. The summed E-state index contributed by atoms with van der Waals surface area (Å²) in [6.45, 7) is 0. The zero-order chi connectivity index (χ0) is 17.0. The highest BCUT2D eigenvalue weighted by Gasteiger charge is 2.15. The van der Waals surface area contributed by atoms with Crippen LogP contribution in [0, 0.1) is 0 Å². The highest BCUT2D eigenvalue weighted by Crippen LogP contribution is 2.30. The van der Waals surface area contributed by atoms with Crippen LogP contribution < -0.4 is 10.6 Å². The average Bonchev–Trinajstić information content (AvgIpc) is 2.85. The zero-order valence-electron chi connectivity index (χ0n) is 11.7. The molecule has 5 nitrogen and oxygen atoms in total. The first-order chi connectivity index (χ1) is 10.9. The summed E-state index contributed by atoms with van der Waals surface area (Å²) in [6.07, 6.45) is 0. The first-order valence-electron chi connectivity index (χ1n) is 6.16. The minimum atomic E-state index is -0.472. The van der Waals surface area contributed by atoms with Crippen LogP contribution in [0.5, 0.6) is 0 Å². The van der Waals surface area contributed by atoms with Gasteiger partial charge in [-0.05, 0) is 36.5 Å². The molecule has 1 aromatic carbocycles. The number of amides is 1. The largest absolute Gasteiger partial charge is 0.465 e. The minimum Gasteiger partial charge on any atom is -0.465 e. The van der Waals surface area contributed by atoms with Crippen molar-refractivity contribution in [2.75, 3.05) is 12.4 Å². The number of methoxy groups -OCH3 is 1. The quantitative estimate of drug-likeness (QED) is 0.614. The predicted octanol–water partition coefficient (Wildman–Crippen LogP) is 3.97. The van der Waals surface area contributed by atoms with Gasteiger partial charge in [0.1, 0.15) is 4.34 Å². The summed E-state index contributed by atoms with van der Waals surface area (Å²) >= 11 is 17.9. The van der Waals surface area contributed by atoms with E-state index >= 15 is 0 Å². The third kappa shape index (κ3) is 4.65. The Morgan fingerprint density at radius 2 is 2.00 bits per heavy atom. The highest BCUT2D eigenvalue weighted by atomic mass is 35.5. The SMILES string of the molecule is COC(=O)c1cccc(NC(=S)NC(=O)c2cc(Cl)sc2Cl)c1. The van der Waals surface area contributed by atoms with Gasteiger partial charge in [-0.2, -0.15) is 0 Å². The third-order valence-corrected chi connectivity index (χ3v) is 4.36. The normalized spacial score (nSPS) is 10.0. The number of hydrogen-bond donors (Lipinski definition) is 2. The topological polar surface area (TPSA) is 67.4 Å². The lowest BCUT2D eigenvalue weighted by molar-refractivity contribution is 0.0600. The molecule has 0 radical (unpaired) electrons. The van der Waals surface area contributed by atoms with Gasteiger partial charge in [0.2, 0.25) is 0 Å². The van der Waals surface area contributed by atoms with Gasteiger partial charge in [0, 0.05) is 5.69 Å². The number of hydrogen-bond acceptors (Lipinski definition) is 5. The van der Waals surface area contributed by atoms with E-state index in [1.54, 1.807) is 24.3 Å². The van der Waals surface area contributed by atoms with Gasteiger partial charge >= 0.3 is 5.97 Å². The van der Waals surface area contributed by atoms with Gasteiger partial charge in [-0.15, -0.1) is 11.3 Å². The lowest BCUT2D eigenvalue weighted by Gasteiger charge is -2.10. The van der Waals surface area contributed by atoms with Gasteiger partial charge in [-0.3, -0.25) is 10.1 Å². The molecule has 2 aromatic rings. The number of benzene rings is 1. The Bertz CT molecular complexity index is 777. The molecule has 0 atom stereocenters. The van der Waals surface area contributed by atoms with Crippen molar-refractivity contribution < 1.29 is 14.3 Å². The predicted molar refractivity (Wildman–Crippen MR) is 95.8 cm³/mol. The number of carbonyl (C=O) groups excluding carboxylic acids is 2. The Kier molecular flexibility index (Phi) is 5.95. The van der Waals surface area contributed by atoms with Gasteiger partial charge in [-0.25, -0.2) is 4.79 Å². The number of nitrogens with one attached hydrogen (secondary N) is 2. The third-order valence-electron chi connectivity index (χ3n) is 2.67. The number of ether oxygens (including phenoxy) is 1. The summed E-state index contributed by atoms with van der Waals surface area (Å²) < 4.78 is 5.33. The maximum atomic E-state index is 12.1. The second kappa shape index (κ2) is 7.74. The van der Waals surface area contributed by atoms with Gasteiger partial charge in [0.15, 0.2) is 5.11 Å². The van der Waals surface area contributed by atoms with E-state index in [1.807, 2.05) is 0 Å². The molecule has 0 aliphatic heterocycles. The van der Waals surface area contributed by atoms with Crippen LogP contribution in [0.4, 0.5) is 5.69 Å². The Hall–Kier alpha value is -1.67. The number of esters is 1. The Morgan fingerprint density at radius 3 is 2.61 bits per heavy atom. The van der Waals surface area contributed by atoms with Crippen molar-refractivity contribution in [1.82, 2.24) is 5.32 Å². The van der Waals surface area contributed by atoms with E-state index < -0.39 is 11.9 Å². The Labute approximate surface area is 151 Å². The van der Waals surface area contributed by atoms with Crippen LogP contribution in [0.1, 0.15) is 20.7 Å². The number of halogens is 2. The fourth-order valence-corrected chi connectivity index (χ4v) is 3.34. The summed E-state index contributed by atoms with van der Waals surface area (Å²) in [5.41, 5.74) is 1.14. The molecular weight excluding hydrogens is 379 g/mol. The molecule has 0 saturated carbocycles. The molecule has 0 saturated heterocycles.